The van der Waals surface area contributed by atoms with Crippen LogP contribution in [0.25, 0.3) is 0 Å². The number of nitrogens with one attached hydrogen (secondary N) is 1. The van der Waals surface area contributed by atoms with E-state index in [9.17, 15) is 8.42 Å². The minimum atomic E-state index is -3.60. The van der Waals surface area contributed by atoms with E-state index in [4.69, 9.17) is 5.73 Å². The Balaban J connectivity index is 2.09. The van der Waals surface area contributed by atoms with Gasteiger partial charge in [-0.1, -0.05) is 6.07 Å². The highest BCUT2D eigenvalue weighted by Crippen LogP contribution is 2.35. The summed E-state index contributed by atoms with van der Waals surface area (Å²) in [5.74, 6) is 0.575. The summed E-state index contributed by atoms with van der Waals surface area (Å²) in [6.45, 7) is 4.07. The third-order valence-corrected chi connectivity index (χ3v) is 5.29. The lowest BCUT2D eigenvalue weighted by Crippen LogP contribution is -2.29. The van der Waals surface area contributed by atoms with Crippen LogP contribution in [-0.4, -0.2) is 24.9 Å². The highest BCUT2D eigenvalue weighted by Gasteiger charge is 2.32. The Hall–Kier alpha value is -2.02. The predicted octanol–water partition coefficient (Wildman–Crippen LogP) is 1.36. The molecular formula is C13H16N4O2S. The SMILES string of the molecule is Cc1ncc(S(=O)(=O)N2CCc3cc(C)c(N)cc32)[nH]1. The maximum Gasteiger partial charge on any atom is 0.281 e. The Bertz CT molecular complexity index is 780. The van der Waals surface area contributed by atoms with Crippen molar-refractivity contribution in [3.05, 3.63) is 35.3 Å². The van der Waals surface area contributed by atoms with E-state index in [0.29, 0.717) is 30.2 Å². The molecule has 0 saturated heterocycles. The molecule has 3 rings (SSSR count). The number of sulfonamides is 1. The Kier molecular flexibility index (Phi) is 2.75. The fraction of sp³-hybridized carbons (Fsp3) is 0.308. The maximum absolute atomic E-state index is 12.6. The van der Waals surface area contributed by atoms with E-state index in [1.807, 2.05) is 13.0 Å². The van der Waals surface area contributed by atoms with Gasteiger partial charge in [0.05, 0.1) is 11.9 Å². The van der Waals surface area contributed by atoms with Crippen LogP contribution in [0.2, 0.25) is 0 Å². The van der Waals surface area contributed by atoms with Crippen molar-refractivity contribution in [3.63, 3.8) is 0 Å². The number of fused-ring (bicyclic) bond motifs is 1. The zero-order valence-corrected chi connectivity index (χ0v) is 12.2. The zero-order valence-electron chi connectivity index (χ0n) is 11.3. The number of aromatic amines is 1. The highest BCUT2D eigenvalue weighted by molar-refractivity contribution is 7.92. The number of hydrogen-bond donors (Lipinski definition) is 2. The summed E-state index contributed by atoms with van der Waals surface area (Å²) >= 11 is 0. The van der Waals surface area contributed by atoms with Gasteiger partial charge in [-0.3, -0.25) is 4.31 Å². The quantitative estimate of drug-likeness (QED) is 0.817. The van der Waals surface area contributed by atoms with Crippen LogP contribution in [0.3, 0.4) is 0 Å². The molecular weight excluding hydrogens is 276 g/mol. The minimum Gasteiger partial charge on any atom is -0.398 e. The fourth-order valence-electron chi connectivity index (χ4n) is 2.45. The van der Waals surface area contributed by atoms with Crippen molar-refractivity contribution in [1.82, 2.24) is 9.97 Å². The molecule has 20 heavy (non-hydrogen) atoms. The molecule has 2 heterocycles. The van der Waals surface area contributed by atoms with Crippen molar-refractivity contribution < 1.29 is 8.42 Å². The van der Waals surface area contributed by atoms with Gasteiger partial charge in [-0.15, -0.1) is 0 Å². The smallest absolute Gasteiger partial charge is 0.281 e. The number of benzene rings is 1. The second kappa shape index (κ2) is 4.24. The third-order valence-electron chi connectivity index (χ3n) is 3.57. The number of rotatable bonds is 2. The Labute approximate surface area is 117 Å². The summed E-state index contributed by atoms with van der Waals surface area (Å²) in [7, 11) is -3.60. The van der Waals surface area contributed by atoms with Crippen LogP contribution in [0.5, 0.6) is 0 Å². The highest BCUT2D eigenvalue weighted by atomic mass is 32.2. The lowest BCUT2D eigenvalue weighted by atomic mass is 10.1. The molecule has 1 aliphatic heterocycles. The van der Waals surface area contributed by atoms with Gasteiger partial charge in [0.25, 0.3) is 10.0 Å². The zero-order chi connectivity index (χ0) is 14.5. The predicted molar refractivity (Wildman–Crippen MR) is 77.2 cm³/mol. The van der Waals surface area contributed by atoms with Crippen molar-refractivity contribution in [2.45, 2.75) is 25.3 Å². The maximum atomic E-state index is 12.6. The number of imidazole rings is 1. The van der Waals surface area contributed by atoms with Crippen molar-refractivity contribution in [3.8, 4) is 0 Å². The largest absolute Gasteiger partial charge is 0.398 e. The van der Waals surface area contributed by atoms with E-state index < -0.39 is 10.0 Å². The summed E-state index contributed by atoms with van der Waals surface area (Å²) in [6.07, 6.45) is 2.04. The van der Waals surface area contributed by atoms with Crippen molar-refractivity contribution in [1.29, 1.82) is 0 Å². The van der Waals surface area contributed by atoms with Gasteiger partial charge in [-0.05, 0) is 37.5 Å². The molecule has 7 heteroatoms. The number of aromatic nitrogens is 2. The second-order valence-corrected chi connectivity index (χ2v) is 6.83. The molecule has 106 valence electrons. The van der Waals surface area contributed by atoms with E-state index in [-0.39, 0.29) is 5.03 Å². The van der Waals surface area contributed by atoms with Crippen LogP contribution in [0.15, 0.2) is 23.4 Å². The number of aryl methyl sites for hydroxylation is 2. The van der Waals surface area contributed by atoms with Crippen LogP contribution >= 0.6 is 0 Å². The molecule has 0 atom stereocenters. The van der Waals surface area contributed by atoms with E-state index in [2.05, 4.69) is 9.97 Å². The molecule has 0 fully saturated rings. The molecule has 6 nitrogen and oxygen atoms in total. The van der Waals surface area contributed by atoms with E-state index >= 15 is 0 Å². The van der Waals surface area contributed by atoms with Crippen LogP contribution in [-0.2, 0) is 16.4 Å². The molecule has 0 aliphatic carbocycles. The van der Waals surface area contributed by atoms with Crippen LogP contribution in [0.1, 0.15) is 17.0 Å². The molecule has 0 spiro atoms. The van der Waals surface area contributed by atoms with Gasteiger partial charge in [0.2, 0.25) is 0 Å². The number of H-pyrrole nitrogens is 1. The number of nitrogens with zero attached hydrogens (tertiary/aromatic N) is 2. The van der Waals surface area contributed by atoms with Gasteiger partial charge in [-0.25, -0.2) is 4.98 Å². The van der Waals surface area contributed by atoms with E-state index in [0.717, 1.165) is 11.1 Å². The van der Waals surface area contributed by atoms with E-state index in [1.54, 1.807) is 13.0 Å². The Morgan fingerprint density at radius 2 is 2.10 bits per heavy atom. The van der Waals surface area contributed by atoms with Crippen molar-refractivity contribution in [2.75, 3.05) is 16.6 Å². The van der Waals surface area contributed by atoms with Gasteiger partial charge in [0.1, 0.15) is 5.82 Å². The molecule has 2 aromatic rings. The first kappa shape index (κ1) is 13.0. The fourth-order valence-corrected chi connectivity index (χ4v) is 3.91. The molecule has 1 aromatic heterocycles. The summed E-state index contributed by atoms with van der Waals surface area (Å²) < 4.78 is 26.6. The molecule has 0 unspecified atom stereocenters. The molecule has 0 amide bonds. The topological polar surface area (TPSA) is 92.1 Å². The van der Waals surface area contributed by atoms with Gasteiger partial charge in [-0.2, -0.15) is 8.42 Å². The average molecular weight is 292 g/mol. The standard InChI is InChI=1S/C13H16N4O2S/c1-8-5-10-3-4-17(12(10)6-11(8)14)20(18,19)13-7-15-9(2)16-13/h5-7H,3-4,14H2,1-2H3,(H,15,16). The molecule has 0 bridgehead atoms. The van der Waals surface area contributed by atoms with Gasteiger partial charge in [0, 0.05) is 12.2 Å². The first-order valence-electron chi connectivity index (χ1n) is 6.33. The normalized spacial score (nSPS) is 14.6. The van der Waals surface area contributed by atoms with Crippen LogP contribution < -0.4 is 10.0 Å². The number of nitrogens with two attached hydrogens (primary N) is 1. The third kappa shape index (κ3) is 1.85. The lowest BCUT2D eigenvalue weighted by molar-refractivity contribution is 0.589. The first-order chi connectivity index (χ1) is 9.39. The van der Waals surface area contributed by atoms with Gasteiger partial charge < -0.3 is 10.7 Å². The lowest BCUT2D eigenvalue weighted by Gasteiger charge is -2.19. The van der Waals surface area contributed by atoms with Gasteiger partial charge in [0.15, 0.2) is 5.03 Å². The molecule has 1 aromatic carbocycles. The van der Waals surface area contributed by atoms with Crippen molar-refractivity contribution in [2.24, 2.45) is 0 Å². The molecule has 1 aliphatic rings. The van der Waals surface area contributed by atoms with Gasteiger partial charge >= 0.3 is 0 Å². The number of hydrogen-bond acceptors (Lipinski definition) is 4. The second-order valence-electron chi connectivity index (χ2n) is 5.00. The summed E-state index contributed by atoms with van der Waals surface area (Å²) in [5.41, 5.74) is 9.15. The summed E-state index contributed by atoms with van der Waals surface area (Å²) in [5, 5.41) is 0.113. The number of anilines is 2. The average Bonchev–Trinajstić information content (AvgIpc) is 2.97. The minimum absolute atomic E-state index is 0.113. The summed E-state index contributed by atoms with van der Waals surface area (Å²) in [6, 6.07) is 3.69. The van der Waals surface area contributed by atoms with Crippen molar-refractivity contribution >= 4 is 21.4 Å². The number of nitrogen functional groups attached to an aromatic ring is 1. The first-order valence-corrected chi connectivity index (χ1v) is 7.77. The molecule has 3 N–H and O–H groups in total. The molecule has 0 radical (unpaired) electrons. The van der Waals surface area contributed by atoms with E-state index in [1.165, 1.54) is 10.5 Å². The Morgan fingerprint density at radius 1 is 1.35 bits per heavy atom. The van der Waals surface area contributed by atoms with Crippen LogP contribution in [0.4, 0.5) is 11.4 Å². The Morgan fingerprint density at radius 3 is 2.75 bits per heavy atom. The molecule has 0 saturated carbocycles. The van der Waals surface area contributed by atoms with Crippen LogP contribution in [0, 0.1) is 13.8 Å². The summed E-state index contributed by atoms with van der Waals surface area (Å²) in [4.78, 5) is 6.73. The monoisotopic (exact) mass is 292 g/mol.